The van der Waals surface area contributed by atoms with Crippen LogP contribution in [0.5, 0.6) is 0 Å². The lowest BCUT2D eigenvalue weighted by Gasteiger charge is -2.38. The summed E-state index contributed by atoms with van der Waals surface area (Å²) in [5.74, 6) is 8.78. The third-order valence-electron chi connectivity index (χ3n) is 9.62. The number of nitrogens with zero attached hydrogens (tertiary/aromatic N) is 2. The van der Waals surface area contributed by atoms with E-state index in [4.69, 9.17) is 11.7 Å². The van der Waals surface area contributed by atoms with Crippen LogP contribution < -0.4 is 11.7 Å². The highest BCUT2D eigenvalue weighted by Crippen LogP contribution is 2.52. The molecule has 0 amide bonds. The van der Waals surface area contributed by atoms with E-state index in [2.05, 4.69) is 10.2 Å². The van der Waals surface area contributed by atoms with E-state index >= 15 is 0 Å². The molecular formula is C34H24F6N4O8S2. The number of carbonyl (C=O) groups is 2. The molecule has 2 unspecified atom stereocenters. The predicted octanol–water partition coefficient (Wildman–Crippen LogP) is 5.46. The second-order valence-electron chi connectivity index (χ2n) is 12.4. The molecule has 4 aromatic carbocycles. The second kappa shape index (κ2) is 12.6. The summed E-state index contributed by atoms with van der Waals surface area (Å²) in [6.07, 6.45) is -13.2. The molecule has 20 heteroatoms. The van der Waals surface area contributed by atoms with Crippen molar-refractivity contribution in [2.24, 2.45) is 21.9 Å². The Morgan fingerprint density at radius 2 is 0.889 bits per heavy atom. The molecule has 2 aliphatic rings. The van der Waals surface area contributed by atoms with Crippen molar-refractivity contribution in [2.45, 2.75) is 34.7 Å². The quantitative estimate of drug-likeness (QED) is 0.0866. The minimum atomic E-state index is -5.64. The van der Waals surface area contributed by atoms with E-state index in [0.29, 0.717) is 24.3 Å². The number of Topliss-reactive ketones (excluding diaryl/α,β-unsaturated/α-hetero) is 2. The molecule has 12 nitrogen and oxygen atoms in total. The van der Waals surface area contributed by atoms with Crippen LogP contribution in [0.2, 0.25) is 0 Å². The molecule has 4 aromatic rings. The van der Waals surface area contributed by atoms with Crippen LogP contribution in [-0.2, 0) is 42.1 Å². The van der Waals surface area contributed by atoms with Crippen molar-refractivity contribution in [1.82, 2.24) is 0 Å². The number of fused-ring (bicyclic) bond motifs is 2. The highest BCUT2D eigenvalue weighted by atomic mass is 32.2. The average Bonchev–Trinajstić information content (AvgIpc) is 3.10. The molecule has 6 rings (SSSR count). The smallest absolute Gasteiger partial charge is 0.323 e. The molecule has 0 fully saturated rings. The number of rotatable bonds is 5. The number of halogens is 6. The Bertz CT molecular complexity index is 2400. The molecular weight excluding hydrogens is 771 g/mol. The van der Waals surface area contributed by atoms with E-state index in [-0.39, 0.29) is 0 Å². The number of hydrogen-bond acceptors (Lipinski definition) is 10. The van der Waals surface area contributed by atoms with Gasteiger partial charge in [-0.2, -0.15) is 53.4 Å². The molecule has 2 aliphatic carbocycles. The van der Waals surface area contributed by atoms with E-state index in [0.717, 1.165) is 36.4 Å². The van der Waals surface area contributed by atoms with Gasteiger partial charge in [-0.25, -0.2) is 0 Å². The number of carbonyl (C=O) groups excluding carboxylic acids is 2. The fourth-order valence-corrected chi connectivity index (χ4v) is 9.71. The Morgan fingerprint density at radius 3 is 1.19 bits per heavy atom. The van der Waals surface area contributed by atoms with Gasteiger partial charge in [0.15, 0.2) is 9.49 Å². The standard InChI is InChI=1S/C34H24F6N4O8S2/c35-33(36,37)25-13-17(9-11-23(25)31(53(47,48)49)15-27(43-41)29(45)19-5-1-3-7-21(19)31)18-10-12-24(26(14-18)34(38,39)40)32(54(50,51)52)16-28(44-42)30(46)20-6-2-4-8-22(20)32/h1-14H,15-16,41-42H2,(H,47,48,49)(H,50,51,52)/b43-27-,44-28-. The maximum absolute atomic E-state index is 15.0. The van der Waals surface area contributed by atoms with E-state index in [1.807, 2.05) is 0 Å². The summed E-state index contributed by atoms with van der Waals surface area (Å²) in [7, 11) is -11.3. The molecule has 0 heterocycles. The minimum absolute atomic E-state index is 0.321. The molecule has 0 spiro atoms. The molecule has 0 aliphatic heterocycles. The number of ketones is 2. The van der Waals surface area contributed by atoms with E-state index in [1.165, 1.54) is 24.3 Å². The summed E-state index contributed by atoms with van der Waals surface area (Å²) in [5.41, 5.74) is -10.3. The van der Waals surface area contributed by atoms with Gasteiger partial charge in [0.2, 0.25) is 11.6 Å². The largest absolute Gasteiger partial charge is 0.416 e. The highest BCUT2D eigenvalue weighted by molar-refractivity contribution is 7.87. The Morgan fingerprint density at radius 1 is 0.556 bits per heavy atom. The van der Waals surface area contributed by atoms with Crippen LogP contribution in [0.25, 0.3) is 11.1 Å². The molecule has 282 valence electrons. The molecule has 0 bridgehead atoms. The van der Waals surface area contributed by atoms with Crippen molar-refractivity contribution in [3.05, 3.63) is 129 Å². The van der Waals surface area contributed by atoms with Gasteiger partial charge in [-0.05, 0) is 45.5 Å². The summed E-state index contributed by atoms with van der Waals surface area (Å²) >= 11 is 0. The van der Waals surface area contributed by atoms with E-state index < -0.39 is 134 Å². The Kier molecular flexibility index (Phi) is 8.91. The van der Waals surface area contributed by atoms with Crippen LogP contribution in [0.3, 0.4) is 0 Å². The zero-order valence-electron chi connectivity index (χ0n) is 27.0. The minimum Gasteiger partial charge on any atom is -0.323 e. The van der Waals surface area contributed by atoms with Gasteiger partial charge in [0.1, 0.15) is 11.4 Å². The lowest BCUT2D eigenvalue weighted by molar-refractivity contribution is -0.139. The summed E-state index contributed by atoms with van der Waals surface area (Å²) in [6.45, 7) is 0. The van der Waals surface area contributed by atoms with E-state index in [1.54, 1.807) is 0 Å². The summed E-state index contributed by atoms with van der Waals surface area (Å²) < 4.78 is 158. The molecule has 6 N–H and O–H groups in total. The van der Waals surface area contributed by atoms with Crippen LogP contribution in [0.4, 0.5) is 26.3 Å². The highest BCUT2D eigenvalue weighted by Gasteiger charge is 2.58. The maximum Gasteiger partial charge on any atom is 0.416 e. The SMILES string of the molecule is N/N=C1/CC(c2ccc(-c3ccc(C4(S(=O)(=O)O)C/C(=N/N)C(=O)c5ccccc54)c(C(F)(F)F)c3)cc2C(F)(F)F)(S(=O)(=O)O)c2ccccc2C1=O. The Balaban J connectivity index is 1.65. The molecule has 0 aromatic heterocycles. The molecule has 2 atom stereocenters. The lowest BCUT2D eigenvalue weighted by Crippen LogP contribution is -2.46. The van der Waals surface area contributed by atoms with Crippen molar-refractivity contribution >= 4 is 43.2 Å². The Labute approximate surface area is 301 Å². The summed E-state index contributed by atoms with van der Waals surface area (Å²) in [6, 6.07) is 12.7. The van der Waals surface area contributed by atoms with Crippen molar-refractivity contribution < 1.29 is 61.9 Å². The summed E-state index contributed by atoms with van der Waals surface area (Å²) in [4.78, 5) is 26.0. The van der Waals surface area contributed by atoms with Gasteiger partial charge in [-0.15, -0.1) is 0 Å². The number of hydrazone groups is 2. The second-order valence-corrected chi connectivity index (χ2v) is 15.7. The predicted molar refractivity (Wildman–Crippen MR) is 181 cm³/mol. The maximum atomic E-state index is 15.0. The molecule has 54 heavy (non-hydrogen) atoms. The van der Waals surface area contributed by atoms with E-state index in [9.17, 15) is 61.9 Å². The third kappa shape index (κ3) is 5.67. The summed E-state index contributed by atoms with van der Waals surface area (Å²) in [5, 5.41) is 6.52. The average molecular weight is 795 g/mol. The number of hydrogen-bond donors (Lipinski definition) is 4. The fraction of sp³-hybridized carbons (Fsp3) is 0.176. The Hall–Kier alpha value is -5.44. The van der Waals surface area contributed by atoms with Gasteiger partial charge in [-0.3, -0.25) is 18.7 Å². The van der Waals surface area contributed by atoms with Crippen LogP contribution in [-0.4, -0.2) is 48.9 Å². The van der Waals surface area contributed by atoms with Gasteiger partial charge in [0.25, 0.3) is 20.2 Å². The first-order valence-electron chi connectivity index (χ1n) is 15.2. The van der Waals surface area contributed by atoms with Crippen LogP contribution >= 0.6 is 0 Å². The van der Waals surface area contributed by atoms with Crippen LogP contribution in [0, 0.1) is 0 Å². The first kappa shape index (κ1) is 38.3. The van der Waals surface area contributed by atoms with Crippen LogP contribution in [0.15, 0.2) is 95.1 Å². The molecule has 0 radical (unpaired) electrons. The topological polar surface area (TPSA) is 220 Å². The fourth-order valence-electron chi connectivity index (χ4n) is 7.25. The van der Waals surface area contributed by atoms with Crippen molar-refractivity contribution in [3.63, 3.8) is 0 Å². The number of benzene rings is 4. The van der Waals surface area contributed by atoms with Gasteiger partial charge < -0.3 is 11.7 Å². The van der Waals surface area contributed by atoms with Gasteiger partial charge >= 0.3 is 12.4 Å². The number of nitrogens with two attached hydrogens (primary N) is 2. The zero-order valence-corrected chi connectivity index (χ0v) is 28.6. The van der Waals surface area contributed by atoms with Gasteiger partial charge in [0.05, 0.1) is 11.1 Å². The monoisotopic (exact) mass is 794 g/mol. The third-order valence-corrected chi connectivity index (χ3v) is 12.5. The van der Waals surface area contributed by atoms with Gasteiger partial charge in [-0.1, -0.05) is 72.8 Å². The van der Waals surface area contributed by atoms with Crippen molar-refractivity contribution in [2.75, 3.05) is 0 Å². The molecule has 0 saturated carbocycles. The number of alkyl halides is 6. The lowest BCUT2D eigenvalue weighted by atomic mass is 9.74. The zero-order chi connectivity index (χ0) is 39.8. The van der Waals surface area contributed by atoms with Crippen LogP contribution in [0.1, 0.15) is 66.9 Å². The van der Waals surface area contributed by atoms with Crippen molar-refractivity contribution in [3.8, 4) is 11.1 Å². The normalized spacial score (nSPS) is 22.3. The first-order chi connectivity index (χ1) is 25.0. The van der Waals surface area contributed by atoms with Gasteiger partial charge in [0, 0.05) is 24.0 Å². The molecule has 0 saturated heterocycles. The first-order valence-corrected chi connectivity index (χ1v) is 18.1. The van der Waals surface area contributed by atoms with Crippen molar-refractivity contribution in [1.29, 1.82) is 0 Å².